The summed E-state index contributed by atoms with van der Waals surface area (Å²) in [7, 11) is 4.12. The lowest BCUT2D eigenvalue weighted by molar-refractivity contribution is 0.658. The van der Waals surface area contributed by atoms with E-state index in [9.17, 15) is 0 Å². The number of hydrogen-bond acceptors (Lipinski definition) is 4. The summed E-state index contributed by atoms with van der Waals surface area (Å²) < 4.78 is 2.16. The molecule has 100 valence electrons. The molecule has 1 aliphatic heterocycles. The number of nitrogens with two attached hydrogens (primary N) is 1. The highest BCUT2D eigenvalue weighted by molar-refractivity contribution is 5.88. The zero-order valence-corrected chi connectivity index (χ0v) is 12.0. The molecule has 0 fully saturated rings. The molecule has 1 unspecified atom stereocenters. The van der Waals surface area contributed by atoms with E-state index in [-0.39, 0.29) is 6.04 Å². The Morgan fingerprint density at radius 3 is 2.58 bits per heavy atom. The molecule has 3 rings (SSSR count). The van der Waals surface area contributed by atoms with Crippen LogP contribution in [0.2, 0.25) is 0 Å². The van der Waals surface area contributed by atoms with Crippen LogP contribution in [0, 0.1) is 13.8 Å². The van der Waals surface area contributed by atoms with Crippen LogP contribution < -0.4 is 10.6 Å². The van der Waals surface area contributed by atoms with Crippen molar-refractivity contribution >= 4 is 11.5 Å². The van der Waals surface area contributed by atoms with Crippen LogP contribution in [0.5, 0.6) is 0 Å². The Labute approximate surface area is 113 Å². The monoisotopic (exact) mass is 257 g/mol. The van der Waals surface area contributed by atoms with Crippen LogP contribution >= 0.6 is 0 Å². The molecule has 1 aliphatic rings. The Kier molecular flexibility index (Phi) is 2.36. The summed E-state index contributed by atoms with van der Waals surface area (Å²) in [6, 6.07) is 2.31. The van der Waals surface area contributed by atoms with E-state index in [0.717, 1.165) is 28.5 Å². The minimum atomic E-state index is 0.237. The number of fused-ring (bicyclic) bond motifs is 3. The number of aromatic nitrogens is 3. The van der Waals surface area contributed by atoms with Gasteiger partial charge in [0.05, 0.1) is 23.1 Å². The minimum absolute atomic E-state index is 0.237. The molecule has 19 heavy (non-hydrogen) atoms. The van der Waals surface area contributed by atoms with Gasteiger partial charge in [-0.1, -0.05) is 0 Å². The maximum atomic E-state index is 6.11. The lowest BCUT2D eigenvalue weighted by atomic mass is 9.98. The van der Waals surface area contributed by atoms with Crippen LogP contribution in [-0.4, -0.2) is 21.6 Å². The largest absolute Gasteiger partial charge is 0.382 e. The Morgan fingerprint density at radius 1 is 1.21 bits per heavy atom. The van der Waals surface area contributed by atoms with Crippen molar-refractivity contribution in [3.8, 4) is 11.3 Å². The van der Waals surface area contributed by atoms with Gasteiger partial charge in [-0.2, -0.15) is 0 Å². The molecule has 2 N–H and O–H groups in total. The van der Waals surface area contributed by atoms with Crippen molar-refractivity contribution in [2.24, 2.45) is 7.05 Å². The van der Waals surface area contributed by atoms with E-state index in [1.807, 2.05) is 13.8 Å². The Hall–Kier alpha value is -2.04. The first-order chi connectivity index (χ1) is 8.91. The number of nitrogen functional groups attached to an aromatic ring is 1. The lowest BCUT2D eigenvalue weighted by Crippen LogP contribution is -2.29. The smallest absolute Gasteiger partial charge is 0.148 e. The highest BCUT2D eigenvalue weighted by Crippen LogP contribution is 2.45. The van der Waals surface area contributed by atoms with E-state index in [2.05, 4.69) is 41.5 Å². The SMILES string of the molecule is Cc1cc2c(c(N)n1)N(C)C(C)c1c-2nc(C)n1C. The molecular weight excluding hydrogens is 238 g/mol. The van der Waals surface area contributed by atoms with Crippen LogP contribution in [0.4, 0.5) is 11.5 Å². The predicted octanol–water partition coefficient (Wildman–Crippen LogP) is 2.19. The van der Waals surface area contributed by atoms with Gasteiger partial charge >= 0.3 is 0 Å². The van der Waals surface area contributed by atoms with Crippen LogP contribution in [0.15, 0.2) is 6.07 Å². The second-order valence-electron chi connectivity index (χ2n) is 5.28. The topological polar surface area (TPSA) is 60.0 Å². The van der Waals surface area contributed by atoms with Crippen LogP contribution in [-0.2, 0) is 7.05 Å². The molecular formula is C14H19N5. The molecule has 1 atom stereocenters. The molecule has 5 nitrogen and oxygen atoms in total. The molecule has 0 bridgehead atoms. The van der Waals surface area contributed by atoms with Crippen LogP contribution in [0.25, 0.3) is 11.3 Å². The number of aryl methyl sites for hydroxylation is 2. The summed E-state index contributed by atoms with van der Waals surface area (Å²) in [6.45, 7) is 6.16. The van der Waals surface area contributed by atoms with Gasteiger partial charge in [-0.25, -0.2) is 9.97 Å². The lowest BCUT2D eigenvalue weighted by Gasteiger charge is -2.34. The summed E-state index contributed by atoms with van der Waals surface area (Å²) in [4.78, 5) is 11.3. The number of imidazole rings is 1. The van der Waals surface area contributed by atoms with Crippen molar-refractivity contribution in [1.29, 1.82) is 0 Å². The van der Waals surface area contributed by atoms with Crippen molar-refractivity contribution in [2.45, 2.75) is 26.8 Å². The van der Waals surface area contributed by atoms with Gasteiger partial charge in [0.25, 0.3) is 0 Å². The first-order valence-electron chi connectivity index (χ1n) is 6.45. The number of nitrogens with zero attached hydrogens (tertiary/aromatic N) is 4. The van der Waals surface area contributed by atoms with Gasteiger partial charge in [0.2, 0.25) is 0 Å². The minimum Gasteiger partial charge on any atom is -0.382 e. The van der Waals surface area contributed by atoms with Crippen LogP contribution in [0.1, 0.15) is 30.2 Å². The fourth-order valence-corrected chi connectivity index (χ4v) is 2.92. The summed E-state index contributed by atoms with van der Waals surface area (Å²) in [5.41, 5.74) is 11.4. The first-order valence-corrected chi connectivity index (χ1v) is 6.45. The van der Waals surface area contributed by atoms with Gasteiger partial charge < -0.3 is 15.2 Å². The number of rotatable bonds is 0. The van der Waals surface area contributed by atoms with E-state index < -0.39 is 0 Å². The zero-order valence-electron chi connectivity index (χ0n) is 12.0. The Bertz CT molecular complexity index is 671. The van der Waals surface area contributed by atoms with E-state index in [0.29, 0.717) is 5.82 Å². The van der Waals surface area contributed by atoms with E-state index in [1.165, 1.54) is 5.69 Å². The quantitative estimate of drug-likeness (QED) is 0.786. The van der Waals surface area contributed by atoms with Gasteiger partial charge in [-0.05, 0) is 26.8 Å². The number of pyridine rings is 1. The zero-order chi connectivity index (χ0) is 13.9. The fraction of sp³-hybridized carbons (Fsp3) is 0.429. The number of hydrogen-bond donors (Lipinski definition) is 1. The summed E-state index contributed by atoms with van der Waals surface area (Å²) >= 11 is 0. The standard InChI is InChI=1S/C14H19N5/c1-7-6-10-11-12(19(5)9(3)17-11)8(2)18(4)13(10)14(15)16-7/h6,8H,1-5H3,(H2,15,16). The Balaban J connectivity index is 2.40. The average molecular weight is 257 g/mol. The first kappa shape index (κ1) is 12.0. The van der Waals surface area contributed by atoms with Gasteiger partial charge in [0, 0.05) is 25.4 Å². The molecule has 0 aromatic carbocycles. The molecule has 0 spiro atoms. The molecule has 2 aromatic rings. The van der Waals surface area contributed by atoms with Crippen molar-refractivity contribution in [2.75, 3.05) is 17.7 Å². The van der Waals surface area contributed by atoms with Gasteiger partial charge in [0.15, 0.2) is 0 Å². The van der Waals surface area contributed by atoms with Gasteiger partial charge in [-0.15, -0.1) is 0 Å². The van der Waals surface area contributed by atoms with Gasteiger partial charge in [0.1, 0.15) is 11.6 Å². The maximum Gasteiger partial charge on any atom is 0.148 e. The van der Waals surface area contributed by atoms with Crippen LogP contribution in [0.3, 0.4) is 0 Å². The second-order valence-corrected chi connectivity index (χ2v) is 5.28. The van der Waals surface area contributed by atoms with E-state index in [1.54, 1.807) is 0 Å². The van der Waals surface area contributed by atoms with Crippen molar-refractivity contribution in [1.82, 2.24) is 14.5 Å². The molecule has 0 aliphatic carbocycles. The van der Waals surface area contributed by atoms with Crippen molar-refractivity contribution in [3.63, 3.8) is 0 Å². The predicted molar refractivity (Wildman–Crippen MR) is 77.1 cm³/mol. The summed E-state index contributed by atoms with van der Waals surface area (Å²) in [5.74, 6) is 1.60. The average Bonchev–Trinajstić information content (AvgIpc) is 2.62. The molecule has 0 saturated heterocycles. The second kappa shape index (κ2) is 3.73. The molecule has 2 aromatic heterocycles. The normalized spacial score (nSPS) is 17.3. The summed E-state index contributed by atoms with van der Waals surface area (Å²) in [5, 5.41) is 0. The molecule has 0 radical (unpaired) electrons. The third-order valence-electron chi connectivity index (χ3n) is 4.10. The third kappa shape index (κ3) is 1.47. The van der Waals surface area contributed by atoms with Gasteiger partial charge in [-0.3, -0.25) is 0 Å². The molecule has 0 amide bonds. The van der Waals surface area contributed by atoms with Crippen molar-refractivity contribution in [3.05, 3.63) is 23.3 Å². The number of anilines is 2. The molecule has 5 heteroatoms. The highest BCUT2D eigenvalue weighted by Gasteiger charge is 2.32. The molecule has 3 heterocycles. The van der Waals surface area contributed by atoms with E-state index >= 15 is 0 Å². The molecule has 0 saturated carbocycles. The Morgan fingerprint density at radius 2 is 1.89 bits per heavy atom. The third-order valence-corrected chi connectivity index (χ3v) is 4.10. The summed E-state index contributed by atoms with van der Waals surface area (Å²) in [6.07, 6.45) is 0. The van der Waals surface area contributed by atoms with Crippen molar-refractivity contribution < 1.29 is 0 Å². The highest BCUT2D eigenvalue weighted by atomic mass is 15.2. The fourth-order valence-electron chi connectivity index (χ4n) is 2.92. The maximum absolute atomic E-state index is 6.11. The van der Waals surface area contributed by atoms with E-state index in [4.69, 9.17) is 10.7 Å².